The molecule has 3 rings (SSSR count). The Morgan fingerprint density at radius 2 is 1.92 bits per heavy atom. The number of aromatic nitrogens is 2. The third-order valence-electron chi connectivity index (χ3n) is 3.35. The van der Waals surface area contributed by atoms with Crippen LogP contribution in [0.2, 0.25) is 0 Å². The van der Waals surface area contributed by atoms with Crippen LogP contribution in [0.3, 0.4) is 0 Å². The van der Waals surface area contributed by atoms with E-state index in [2.05, 4.69) is 9.71 Å². The minimum atomic E-state index is -3.56. The van der Waals surface area contributed by atoms with Crippen LogP contribution in [0, 0.1) is 0 Å². The van der Waals surface area contributed by atoms with Crippen LogP contribution >= 0.6 is 0 Å². The summed E-state index contributed by atoms with van der Waals surface area (Å²) in [7, 11) is -3.56. The van der Waals surface area contributed by atoms with Crippen molar-refractivity contribution < 1.29 is 8.42 Å². The fraction of sp³-hybridized carbons (Fsp3) is 0.0556. The van der Waals surface area contributed by atoms with Crippen molar-refractivity contribution in [1.82, 2.24) is 9.55 Å². The van der Waals surface area contributed by atoms with Gasteiger partial charge in [0.2, 0.25) is 0 Å². The van der Waals surface area contributed by atoms with Gasteiger partial charge in [0.05, 0.1) is 11.7 Å². The maximum atomic E-state index is 12.2. The van der Waals surface area contributed by atoms with Crippen molar-refractivity contribution in [2.75, 3.05) is 4.72 Å². The van der Waals surface area contributed by atoms with E-state index in [1.165, 1.54) is 5.41 Å². The van der Waals surface area contributed by atoms with Crippen molar-refractivity contribution in [3.63, 3.8) is 0 Å². The summed E-state index contributed by atoms with van der Waals surface area (Å²) in [6.07, 6.45) is 6.86. The number of anilines is 1. The van der Waals surface area contributed by atoms with Crippen LogP contribution < -0.4 is 4.72 Å². The third-order valence-corrected chi connectivity index (χ3v) is 4.37. The molecule has 0 saturated carbocycles. The Morgan fingerprint density at radius 3 is 2.67 bits per heavy atom. The second-order valence-corrected chi connectivity index (χ2v) is 6.86. The maximum Gasteiger partial charge on any atom is 0.255 e. The van der Waals surface area contributed by atoms with E-state index in [9.17, 15) is 8.42 Å². The van der Waals surface area contributed by atoms with Gasteiger partial charge < -0.3 is 4.57 Å². The summed E-state index contributed by atoms with van der Waals surface area (Å²) < 4.78 is 28.9. The van der Waals surface area contributed by atoms with Gasteiger partial charge in [-0.25, -0.2) is 13.4 Å². The molecule has 0 aliphatic carbocycles. The Kier molecular flexibility index (Phi) is 4.77. The van der Waals surface area contributed by atoms with Crippen LogP contribution in [0.25, 0.3) is 6.08 Å². The monoisotopic (exact) mass is 339 g/mol. The zero-order valence-corrected chi connectivity index (χ0v) is 13.7. The first-order valence-corrected chi connectivity index (χ1v) is 8.96. The number of nitrogens with one attached hydrogen (secondary N) is 1. The smallest absolute Gasteiger partial charge is 0.255 e. The zero-order valence-electron chi connectivity index (χ0n) is 12.9. The molecule has 0 aliphatic heterocycles. The van der Waals surface area contributed by atoms with E-state index in [1.54, 1.807) is 24.7 Å². The predicted molar refractivity (Wildman–Crippen MR) is 95.8 cm³/mol. The quantitative estimate of drug-likeness (QED) is 0.749. The molecule has 3 aromatic rings. The minimum Gasteiger partial charge on any atom is -0.333 e. The molecule has 0 unspecified atom stereocenters. The van der Waals surface area contributed by atoms with Crippen LogP contribution in [0.1, 0.15) is 11.1 Å². The van der Waals surface area contributed by atoms with Gasteiger partial charge >= 0.3 is 0 Å². The van der Waals surface area contributed by atoms with Crippen LogP contribution in [0.5, 0.6) is 0 Å². The summed E-state index contributed by atoms with van der Waals surface area (Å²) >= 11 is 0. The van der Waals surface area contributed by atoms with Gasteiger partial charge in [0, 0.05) is 24.6 Å². The van der Waals surface area contributed by atoms with Crippen LogP contribution in [-0.2, 0) is 16.6 Å². The molecule has 0 amide bonds. The first-order valence-electron chi connectivity index (χ1n) is 7.41. The van der Waals surface area contributed by atoms with E-state index < -0.39 is 10.0 Å². The van der Waals surface area contributed by atoms with E-state index in [0.717, 1.165) is 11.1 Å². The lowest BCUT2D eigenvalue weighted by atomic mass is 10.2. The molecule has 0 saturated heterocycles. The fourth-order valence-electron chi connectivity index (χ4n) is 2.25. The molecule has 24 heavy (non-hydrogen) atoms. The van der Waals surface area contributed by atoms with Gasteiger partial charge in [0.15, 0.2) is 0 Å². The molecule has 0 spiro atoms. The number of sulfonamides is 1. The molecule has 5 nitrogen and oxygen atoms in total. The molecule has 1 N–H and O–H groups in total. The highest BCUT2D eigenvalue weighted by atomic mass is 32.2. The van der Waals surface area contributed by atoms with Gasteiger partial charge in [-0.3, -0.25) is 4.72 Å². The van der Waals surface area contributed by atoms with Gasteiger partial charge in [0.1, 0.15) is 0 Å². The van der Waals surface area contributed by atoms with Crippen molar-refractivity contribution in [2.45, 2.75) is 6.54 Å². The number of imidazole rings is 1. The normalized spacial score (nSPS) is 11.7. The highest BCUT2D eigenvalue weighted by Crippen LogP contribution is 2.14. The molecule has 0 aliphatic rings. The lowest BCUT2D eigenvalue weighted by Crippen LogP contribution is -2.09. The van der Waals surface area contributed by atoms with Crippen molar-refractivity contribution in [3.8, 4) is 0 Å². The third kappa shape index (κ3) is 4.57. The molecular weight excluding hydrogens is 322 g/mol. The summed E-state index contributed by atoms with van der Waals surface area (Å²) in [4.78, 5) is 4.00. The Morgan fingerprint density at radius 1 is 1.08 bits per heavy atom. The van der Waals surface area contributed by atoms with Crippen LogP contribution in [0.4, 0.5) is 5.69 Å². The lowest BCUT2D eigenvalue weighted by molar-refractivity contribution is 0.609. The number of benzene rings is 2. The Labute approximate surface area is 141 Å². The van der Waals surface area contributed by atoms with Crippen molar-refractivity contribution in [2.24, 2.45) is 0 Å². The van der Waals surface area contributed by atoms with Gasteiger partial charge in [-0.15, -0.1) is 0 Å². The molecule has 0 atom stereocenters. The minimum absolute atomic E-state index is 0.533. The van der Waals surface area contributed by atoms with Crippen molar-refractivity contribution in [1.29, 1.82) is 0 Å². The van der Waals surface area contributed by atoms with Gasteiger partial charge in [-0.05, 0) is 29.3 Å². The Hall–Kier alpha value is -2.86. The molecule has 1 aromatic heterocycles. The van der Waals surface area contributed by atoms with Crippen LogP contribution in [-0.4, -0.2) is 18.0 Å². The Balaban J connectivity index is 1.71. The van der Waals surface area contributed by atoms with E-state index >= 15 is 0 Å². The average molecular weight is 339 g/mol. The molecule has 1 heterocycles. The molecule has 122 valence electrons. The number of rotatable bonds is 6. The predicted octanol–water partition coefficient (Wildman–Crippen LogP) is 3.34. The highest BCUT2D eigenvalue weighted by Gasteiger charge is 2.06. The standard InChI is InChI=1S/C18H17N3O2S/c22-24(23,12-9-16-5-2-1-3-6-16)20-18-8-4-7-17(13-18)14-21-11-10-19-15-21/h1-13,15,20H,14H2/b12-9+. The molecule has 6 heteroatoms. The molecular formula is C18H17N3O2S. The van der Waals surface area contributed by atoms with Crippen molar-refractivity contribution in [3.05, 3.63) is 89.9 Å². The summed E-state index contributed by atoms with van der Waals surface area (Å²) in [5, 5.41) is 1.17. The maximum absolute atomic E-state index is 12.2. The van der Waals surface area contributed by atoms with E-state index in [0.29, 0.717) is 12.2 Å². The lowest BCUT2D eigenvalue weighted by Gasteiger charge is -2.07. The number of nitrogens with zero attached hydrogens (tertiary/aromatic N) is 2. The van der Waals surface area contributed by atoms with Crippen molar-refractivity contribution >= 4 is 21.8 Å². The van der Waals surface area contributed by atoms with Gasteiger partial charge in [0.25, 0.3) is 10.0 Å². The SMILES string of the molecule is O=S(=O)(/C=C/c1ccccc1)Nc1cccc(Cn2ccnc2)c1. The molecule has 2 aromatic carbocycles. The highest BCUT2D eigenvalue weighted by molar-refractivity contribution is 7.95. The summed E-state index contributed by atoms with van der Waals surface area (Å²) in [5.74, 6) is 0. The van der Waals surface area contributed by atoms with Gasteiger partial charge in [-0.1, -0.05) is 42.5 Å². The largest absolute Gasteiger partial charge is 0.333 e. The molecule has 0 radical (unpaired) electrons. The van der Waals surface area contributed by atoms with E-state index in [-0.39, 0.29) is 0 Å². The molecule has 0 bridgehead atoms. The number of hydrogen-bond donors (Lipinski definition) is 1. The first-order chi connectivity index (χ1) is 11.6. The van der Waals surface area contributed by atoms with E-state index in [4.69, 9.17) is 0 Å². The Bertz CT molecular complexity index is 918. The summed E-state index contributed by atoms with van der Waals surface area (Å²) in [5.41, 5.74) is 2.35. The number of hydrogen-bond acceptors (Lipinski definition) is 3. The average Bonchev–Trinajstić information content (AvgIpc) is 3.07. The van der Waals surface area contributed by atoms with Crippen LogP contribution in [0.15, 0.2) is 78.7 Å². The second-order valence-electron chi connectivity index (χ2n) is 5.30. The second kappa shape index (κ2) is 7.14. The molecule has 0 fully saturated rings. The zero-order chi connectivity index (χ0) is 16.8. The topological polar surface area (TPSA) is 64.0 Å². The summed E-state index contributed by atoms with van der Waals surface area (Å²) in [6, 6.07) is 16.6. The summed E-state index contributed by atoms with van der Waals surface area (Å²) in [6.45, 7) is 0.634. The first kappa shape index (κ1) is 16.0. The fourth-order valence-corrected chi connectivity index (χ4v) is 3.11. The van der Waals surface area contributed by atoms with Gasteiger partial charge in [-0.2, -0.15) is 0 Å². The van der Waals surface area contributed by atoms with E-state index in [1.807, 2.05) is 59.3 Å².